The van der Waals surface area contributed by atoms with E-state index in [2.05, 4.69) is 21.9 Å². The van der Waals surface area contributed by atoms with E-state index in [1.54, 1.807) is 17.5 Å². The van der Waals surface area contributed by atoms with Gasteiger partial charge in [-0.05, 0) is 44.4 Å². The number of benzene rings is 1. The summed E-state index contributed by atoms with van der Waals surface area (Å²) in [7, 11) is 0. The average molecular weight is 342 g/mol. The predicted octanol–water partition coefficient (Wildman–Crippen LogP) is 3.81. The summed E-state index contributed by atoms with van der Waals surface area (Å²) < 4.78 is 7.10. The first-order valence-corrected chi connectivity index (χ1v) is 8.97. The number of hydrogen-bond donors (Lipinski definition) is 1. The molecule has 3 aromatic rings. The Morgan fingerprint density at radius 1 is 1.21 bits per heavy atom. The summed E-state index contributed by atoms with van der Waals surface area (Å²) in [6.07, 6.45) is 2.73. The molecule has 0 radical (unpaired) electrons. The van der Waals surface area contributed by atoms with Crippen LogP contribution in [-0.4, -0.2) is 27.6 Å². The highest BCUT2D eigenvalue weighted by Crippen LogP contribution is 2.35. The van der Waals surface area contributed by atoms with Gasteiger partial charge < -0.3 is 10.5 Å². The molecule has 126 valence electrons. The molecule has 1 aromatic carbocycles. The summed E-state index contributed by atoms with van der Waals surface area (Å²) in [5.41, 5.74) is 10.6. The maximum atomic E-state index is 6.01. The molecule has 0 saturated carbocycles. The van der Waals surface area contributed by atoms with Crippen LogP contribution in [-0.2, 0) is 0 Å². The van der Waals surface area contributed by atoms with Gasteiger partial charge in [0.25, 0.3) is 0 Å². The molecule has 0 aliphatic carbocycles. The average Bonchev–Trinajstić information content (AvgIpc) is 3.01. The van der Waals surface area contributed by atoms with Crippen LogP contribution < -0.4 is 10.5 Å². The van der Waals surface area contributed by atoms with Crippen LogP contribution in [0.5, 0.6) is 5.75 Å². The van der Waals surface area contributed by atoms with Crippen molar-refractivity contribution in [1.29, 1.82) is 0 Å². The number of thiazole rings is 1. The van der Waals surface area contributed by atoms with E-state index in [0.29, 0.717) is 12.5 Å². The fourth-order valence-corrected chi connectivity index (χ4v) is 3.61. The van der Waals surface area contributed by atoms with Gasteiger partial charge in [0, 0.05) is 17.8 Å². The quantitative estimate of drug-likeness (QED) is 0.737. The molecule has 2 heterocycles. The number of nitrogens with zero attached hydrogens (tertiary/aromatic N) is 3. The monoisotopic (exact) mass is 342 g/mol. The molecule has 3 rings (SSSR count). The molecule has 0 fully saturated rings. The first-order chi connectivity index (χ1) is 11.5. The maximum absolute atomic E-state index is 6.01. The second-order valence-electron chi connectivity index (χ2n) is 6.26. The van der Waals surface area contributed by atoms with Gasteiger partial charge in [0.1, 0.15) is 17.1 Å². The van der Waals surface area contributed by atoms with Gasteiger partial charge in [-0.25, -0.2) is 15.0 Å². The largest absolute Gasteiger partial charge is 0.491 e. The van der Waals surface area contributed by atoms with Crippen LogP contribution in [0.4, 0.5) is 0 Å². The van der Waals surface area contributed by atoms with E-state index in [4.69, 9.17) is 10.5 Å². The highest BCUT2D eigenvalue weighted by atomic mass is 32.1. The summed E-state index contributed by atoms with van der Waals surface area (Å²) in [4.78, 5) is 13.2. The van der Waals surface area contributed by atoms with E-state index >= 15 is 0 Å². The second kappa shape index (κ2) is 7.23. The van der Waals surface area contributed by atoms with Gasteiger partial charge in [0.15, 0.2) is 0 Å². The predicted molar refractivity (Wildman–Crippen MR) is 98.3 cm³/mol. The van der Waals surface area contributed by atoms with E-state index in [-0.39, 0.29) is 6.04 Å². The topological polar surface area (TPSA) is 73.9 Å². The standard InChI is InChI=1S/C18H22N4OS/c1-11(8-12(2)19)9-23-16-5-4-14(18-17(16)21-10-24-18)15-6-7-20-13(3)22-15/h4-7,10-12H,8-9,19H2,1-3H3. The van der Waals surface area contributed by atoms with Crippen molar-refractivity contribution in [3.63, 3.8) is 0 Å². The van der Waals surface area contributed by atoms with E-state index < -0.39 is 0 Å². The van der Waals surface area contributed by atoms with Crippen molar-refractivity contribution in [2.24, 2.45) is 11.7 Å². The Bertz CT molecular complexity index is 831. The molecule has 2 N–H and O–H groups in total. The molecule has 2 aromatic heterocycles. The summed E-state index contributed by atoms with van der Waals surface area (Å²) >= 11 is 1.60. The lowest BCUT2D eigenvalue weighted by atomic mass is 10.0. The molecule has 0 bridgehead atoms. The van der Waals surface area contributed by atoms with Gasteiger partial charge in [-0.2, -0.15) is 0 Å². The Hall–Kier alpha value is -2.05. The molecule has 2 unspecified atom stereocenters. The van der Waals surface area contributed by atoms with Crippen LogP contribution in [0.1, 0.15) is 26.1 Å². The van der Waals surface area contributed by atoms with Gasteiger partial charge in [0.05, 0.1) is 22.5 Å². The molecular formula is C18H22N4OS. The Morgan fingerprint density at radius 3 is 2.79 bits per heavy atom. The highest BCUT2D eigenvalue weighted by Gasteiger charge is 2.14. The lowest BCUT2D eigenvalue weighted by Gasteiger charge is -2.15. The first kappa shape index (κ1) is 16.8. The molecule has 0 aliphatic rings. The third kappa shape index (κ3) is 3.71. The van der Waals surface area contributed by atoms with Crippen molar-refractivity contribution in [3.05, 3.63) is 35.7 Å². The number of rotatable bonds is 6. The van der Waals surface area contributed by atoms with Crippen molar-refractivity contribution < 1.29 is 4.74 Å². The number of fused-ring (bicyclic) bond motifs is 1. The van der Waals surface area contributed by atoms with Crippen LogP contribution in [0.2, 0.25) is 0 Å². The number of aromatic nitrogens is 3. The SMILES string of the molecule is Cc1nccc(-c2ccc(OCC(C)CC(C)N)c3ncsc23)n1. The summed E-state index contributed by atoms with van der Waals surface area (Å²) in [5, 5.41) is 0. The highest BCUT2D eigenvalue weighted by molar-refractivity contribution is 7.17. The Balaban J connectivity index is 1.88. The Morgan fingerprint density at radius 2 is 2.04 bits per heavy atom. The van der Waals surface area contributed by atoms with Crippen molar-refractivity contribution in [3.8, 4) is 17.0 Å². The zero-order valence-electron chi connectivity index (χ0n) is 14.2. The first-order valence-electron chi connectivity index (χ1n) is 8.09. The van der Waals surface area contributed by atoms with Gasteiger partial charge in [-0.3, -0.25) is 0 Å². The van der Waals surface area contributed by atoms with Gasteiger partial charge in [0.2, 0.25) is 0 Å². The number of aryl methyl sites for hydroxylation is 1. The molecule has 5 nitrogen and oxygen atoms in total. The summed E-state index contributed by atoms with van der Waals surface area (Å²) in [6.45, 7) is 6.71. The van der Waals surface area contributed by atoms with Crippen LogP contribution >= 0.6 is 11.3 Å². The van der Waals surface area contributed by atoms with Gasteiger partial charge in [-0.1, -0.05) is 6.92 Å². The third-order valence-electron chi connectivity index (χ3n) is 3.80. The maximum Gasteiger partial charge on any atom is 0.146 e. The molecule has 24 heavy (non-hydrogen) atoms. The van der Waals surface area contributed by atoms with E-state index in [1.807, 2.05) is 37.6 Å². The van der Waals surface area contributed by atoms with Gasteiger partial charge in [-0.15, -0.1) is 11.3 Å². The molecule has 0 saturated heterocycles. The van der Waals surface area contributed by atoms with E-state index in [0.717, 1.165) is 39.5 Å². The third-order valence-corrected chi connectivity index (χ3v) is 4.66. The number of hydrogen-bond acceptors (Lipinski definition) is 6. The molecule has 2 atom stereocenters. The zero-order valence-corrected chi connectivity index (χ0v) is 15.0. The number of ether oxygens (including phenoxy) is 1. The molecule has 0 amide bonds. The lowest BCUT2D eigenvalue weighted by Crippen LogP contribution is -2.21. The van der Waals surface area contributed by atoms with E-state index in [1.165, 1.54) is 0 Å². The van der Waals surface area contributed by atoms with Crippen molar-refractivity contribution in [1.82, 2.24) is 15.0 Å². The molecule has 0 spiro atoms. The van der Waals surface area contributed by atoms with Crippen LogP contribution in [0, 0.1) is 12.8 Å². The second-order valence-corrected chi connectivity index (χ2v) is 7.11. The molecular weight excluding hydrogens is 320 g/mol. The minimum atomic E-state index is 0.186. The van der Waals surface area contributed by atoms with Crippen LogP contribution in [0.3, 0.4) is 0 Å². The number of nitrogens with two attached hydrogens (primary N) is 1. The lowest BCUT2D eigenvalue weighted by molar-refractivity contribution is 0.248. The zero-order chi connectivity index (χ0) is 17.1. The Kier molecular flexibility index (Phi) is 5.06. The van der Waals surface area contributed by atoms with Gasteiger partial charge >= 0.3 is 0 Å². The van der Waals surface area contributed by atoms with Crippen molar-refractivity contribution in [2.75, 3.05) is 6.61 Å². The van der Waals surface area contributed by atoms with Crippen molar-refractivity contribution >= 4 is 21.6 Å². The molecule has 6 heteroatoms. The van der Waals surface area contributed by atoms with Crippen LogP contribution in [0.15, 0.2) is 29.9 Å². The fourth-order valence-electron chi connectivity index (χ4n) is 2.79. The minimum absolute atomic E-state index is 0.186. The fraction of sp³-hybridized carbons (Fsp3) is 0.389. The summed E-state index contributed by atoms with van der Waals surface area (Å²) in [6, 6.07) is 6.14. The normalized spacial score (nSPS) is 13.8. The van der Waals surface area contributed by atoms with E-state index in [9.17, 15) is 0 Å². The van der Waals surface area contributed by atoms with Crippen LogP contribution in [0.25, 0.3) is 21.5 Å². The summed E-state index contributed by atoms with van der Waals surface area (Å²) in [5.74, 6) is 1.98. The minimum Gasteiger partial charge on any atom is -0.491 e. The molecule has 0 aliphatic heterocycles. The Labute approximate surface area is 145 Å². The van der Waals surface area contributed by atoms with Crippen molar-refractivity contribution in [2.45, 2.75) is 33.2 Å². The smallest absolute Gasteiger partial charge is 0.146 e.